The van der Waals surface area contributed by atoms with Crippen LogP contribution in [0.15, 0.2) is 71.4 Å². The average Bonchev–Trinajstić information content (AvgIpc) is 2.97. The van der Waals surface area contributed by atoms with Gasteiger partial charge in [-0.15, -0.1) is 0 Å². The maximum Gasteiger partial charge on any atom is 0.407 e. The fraction of sp³-hybridized carbons (Fsp3) is 0.571. The van der Waals surface area contributed by atoms with Crippen molar-refractivity contribution in [3.8, 4) is 0 Å². The summed E-state index contributed by atoms with van der Waals surface area (Å²) in [7, 11) is 0. The Hall–Kier alpha value is -3.27. The molecule has 44 heavy (non-hydrogen) atoms. The number of amides is 1. The van der Waals surface area contributed by atoms with Crippen molar-refractivity contribution < 1.29 is 39.2 Å². The van der Waals surface area contributed by atoms with E-state index >= 15 is 0 Å². The fourth-order valence-corrected chi connectivity index (χ4v) is 4.85. The molecule has 1 rings (SSSR count). The minimum absolute atomic E-state index is 0.0262. The van der Waals surface area contributed by atoms with Crippen molar-refractivity contribution in [2.24, 2.45) is 23.7 Å². The summed E-state index contributed by atoms with van der Waals surface area (Å²) in [5.74, 6) is -1.11. The molecule has 0 radical (unpaired) electrons. The molecule has 0 aliphatic carbocycles. The molecule has 0 spiro atoms. The van der Waals surface area contributed by atoms with Crippen molar-refractivity contribution in [1.82, 2.24) is 5.32 Å². The minimum Gasteiger partial charge on any atom is -0.455 e. The second-order valence-corrected chi connectivity index (χ2v) is 11.9. The van der Waals surface area contributed by atoms with Gasteiger partial charge in [0.2, 0.25) is 0 Å². The molecule has 9 heteroatoms. The summed E-state index contributed by atoms with van der Waals surface area (Å²) >= 11 is 0. The number of cyclic esters (lactones) is 1. The Morgan fingerprint density at radius 1 is 1.09 bits per heavy atom. The predicted molar refractivity (Wildman–Crippen MR) is 173 cm³/mol. The van der Waals surface area contributed by atoms with E-state index in [1.165, 1.54) is 6.08 Å². The van der Waals surface area contributed by atoms with Gasteiger partial charge in [0, 0.05) is 30.9 Å². The molecule has 0 saturated heterocycles. The number of Topliss-reactive ketones (excluding diaryl/α,β-unsaturated/α-hetero) is 1. The highest BCUT2D eigenvalue weighted by atomic mass is 16.5. The highest BCUT2D eigenvalue weighted by Crippen LogP contribution is 2.24. The van der Waals surface area contributed by atoms with Crippen LogP contribution >= 0.6 is 0 Å². The van der Waals surface area contributed by atoms with Crippen molar-refractivity contribution in [3.63, 3.8) is 0 Å². The van der Waals surface area contributed by atoms with Crippen LogP contribution in [-0.4, -0.2) is 71.2 Å². The molecule has 0 unspecified atom stereocenters. The smallest absolute Gasteiger partial charge is 0.407 e. The minimum atomic E-state index is -1.04. The molecule has 1 aliphatic rings. The van der Waals surface area contributed by atoms with E-state index in [9.17, 15) is 24.6 Å². The number of aliphatic hydroxyl groups excluding tert-OH is 3. The molecule has 0 saturated carbocycles. The average molecular weight is 616 g/mol. The zero-order chi connectivity index (χ0) is 33.2. The summed E-state index contributed by atoms with van der Waals surface area (Å²) < 4.78 is 10.3. The lowest BCUT2D eigenvalue weighted by Gasteiger charge is -2.26. The molecule has 9 nitrogen and oxygen atoms in total. The van der Waals surface area contributed by atoms with Crippen LogP contribution in [-0.2, 0) is 19.1 Å². The van der Waals surface area contributed by atoms with Crippen LogP contribution in [0.2, 0.25) is 0 Å². The van der Waals surface area contributed by atoms with Crippen molar-refractivity contribution in [1.29, 1.82) is 0 Å². The summed E-state index contributed by atoms with van der Waals surface area (Å²) in [5, 5.41) is 31.3. The Labute approximate surface area is 263 Å². The number of allylic oxidation sites excluding steroid dienone is 8. The second-order valence-electron chi connectivity index (χ2n) is 11.9. The van der Waals surface area contributed by atoms with Crippen LogP contribution in [0.1, 0.15) is 67.7 Å². The molecular weight excluding hydrogens is 562 g/mol. The largest absolute Gasteiger partial charge is 0.455 e. The molecule has 1 aliphatic heterocycles. The lowest BCUT2D eigenvalue weighted by atomic mass is 9.83. The van der Waals surface area contributed by atoms with E-state index < -0.39 is 30.8 Å². The number of hydrogen-bond donors (Lipinski definition) is 4. The van der Waals surface area contributed by atoms with Gasteiger partial charge in [0.25, 0.3) is 0 Å². The quantitative estimate of drug-likeness (QED) is 0.0943. The first-order valence-corrected chi connectivity index (χ1v) is 15.4. The van der Waals surface area contributed by atoms with Crippen molar-refractivity contribution >= 4 is 17.8 Å². The number of aliphatic hydroxyl groups is 3. The molecule has 1 amide bonds. The number of nitrogens with one attached hydrogen (secondary N) is 1. The Balaban J connectivity index is 2.54. The van der Waals surface area contributed by atoms with E-state index in [0.717, 1.165) is 23.1 Å². The van der Waals surface area contributed by atoms with Crippen LogP contribution in [0.4, 0.5) is 4.79 Å². The third-order valence-electron chi connectivity index (χ3n) is 7.39. The number of ether oxygens (including phenoxy) is 2. The van der Waals surface area contributed by atoms with Crippen LogP contribution in [0, 0.1) is 23.7 Å². The van der Waals surface area contributed by atoms with Gasteiger partial charge in [-0.25, -0.2) is 9.59 Å². The molecule has 0 aromatic rings. The van der Waals surface area contributed by atoms with Gasteiger partial charge in [-0.2, -0.15) is 0 Å². The summed E-state index contributed by atoms with van der Waals surface area (Å²) in [4.78, 5) is 36.1. The Morgan fingerprint density at radius 2 is 1.77 bits per heavy atom. The van der Waals surface area contributed by atoms with Gasteiger partial charge < -0.3 is 30.1 Å². The number of ketones is 1. The SMILES string of the molecule is CC(=C/[C@H](C)C/C=C/C(C)=C/[C@@H](C)C(=O)[C@@H](C)[C@H](O)[C@@H](C)C/C(C)=C/COC(=O)NC[C@@H](O)CO)/C=C/[C@H]1CC=CC(=O)O1. The molecule has 1 heterocycles. The number of hydrogen-bond acceptors (Lipinski definition) is 8. The second kappa shape index (κ2) is 20.6. The van der Waals surface area contributed by atoms with E-state index in [1.54, 1.807) is 13.0 Å². The molecule has 0 aromatic carbocycles. The summed E-state index contributed by atoms with van der Waals surface area (Å²) in [6, 6.07) is 0. The van der Waals surface area contributed by atoms with E-state index in [4.69, 9.17) is 14.6 Å². The molecule has 0 aromatic heterocycles. The highest BCUT2D eigenvalue weighted by molar-refractivity contribution is 5.85. The van der Waals surface area contributed by atoms with Gasteiger partial charge >= 0.3 is 12.1 Å². The van der Waals surface area contributed by atoms with Gasteiger partial charge in [0.15, 0.2) is 0 Å². The van der Waals surface area contributed by atoms with E-state index in [1.807, 2.05) is 65.0 Å². The van der Waals surface area contributed by atoms with Crippen molar-refractivity contribution in [3.05, 3.63) is 71.4 Å². The number of esters is 1. The first kappa shape index (κ1) is 38.8. The maximum absolute atomic E-state index is 13.1. The summed E-state index contributed by atoms with van der Waals surface area (Å²) in [6.07, 6.45) is 16.4. The third-order valence-corrected chi connectivity index (χ3v) is 7.39. The van der Waals surface area contributed by atoms with Gasteiger partial charge in [-0.1, -0.05) is 80.9 Å². The van der Waals surface area contributed by atoms with Gasteiger partial charge in [0.1, 0.15) is 18.5 Å². The van der Waals surface area contributed by atoms with Gasteiger partial charge in [-0.3, -0.25) is 4.79 Å². The first-order valence-electron chi connectivity index (χ1n) is 15.4. The van der Waals surface area contributed by atoms with E-state index in [-0.39, 0.29) is 42.8 Å². The molecule has 0 fully saturated rings. The van der Waals surface area contributed by atoms with E-state index in [0.29, 0.717) is 18.8 Å². The third kappa shape index (κ3) is 16.0. The van der Waals surface area contributed by atoms with Crippen molar-refractivity contribution in [2.75, 3.05) is 19.8 Å². The number of rotatable bonds is 18. The Bertz CT molecular complexity index is 1120. The zero-order valence-corrected chi connectivity index (χ0v) is 27.4. The molecule has 0 bridgehead atoms. The molecule has 246 valence electrons. The Morgan fingerprint density at radius 3 is 2.43 bits per heavy atom. The number of alkyl carbamates (subject to hydrolysis) is 1. The summed E-state index contributed by atoms with van der Waals surface area (Å²) in [5.41, 5.74) is 2.99. The highest BCUT2D eigenvalue weighted by Gasteiger charge is 2.29. The van der Waals surface area contributed by atoms with Crippen LogP contribution in [0.3, 0.4) is 0 Å². The van der Waals surface area contributed by atoms with E-state index in [2.05, 4.69) is 24.4 Å². The lowest BCUT2D eigenvalue weighted by molar-refractivity contribution is -0.141. The van der Waals surface area contributed by atoms with Crippen LogP contribution < -0.4 is 5.32 Å². The first-order chi connectivity index (χ1) is 20.7. The van der Waals surface area contributed by atoms with Crippen LogP contribution in [0.25, 0.3) is 0 Å². The summed E-state index contributed by atoms with van der Waals surface area (Å²) in [6.45, 7) is 13.0. The molecule has 7 atom stereocenters. The standard InChI is InChI=1S/C35H53NO8/c1-23(18-25(3)14-15-31-12-9-13-32(39)44-31)10-8-11-24(2)19-27(5)33(40)29(7)34(41)28(6)20-26(4)16-17-43-35(42)36-21-30(38)22-37/h8-9,11,13-16,18-19,23,27-31,34,37-38,41H,10,12,17,20-22H2,1-7H3,(H,36,42)/b11-8+,15-14+,24-19+,25-18-,26-16+/t23-,27-,28+,29-,30-,31-,34-/m1/s1. The maximum atomic E-state index is 13.1. The number of carbonyl (C=O) groups excluding carboxylic acids is 3. The molecule has 4 N–H and O–H groups in total. The molecular formula is C35H53NO8. The Kier molecular flexibility index (Phi) is 18.2. The monoisotopic (exact) mass is 615 g/mol. The zero-order valence-electron chi connectivity index (χ0n) is 27.4. The topological polar surface area (TPSA) is 142 Å². The number of carbonyl (C=O) groups is 3. The van der Waals surface area contributed by atoms with Crippen molar-refractivity contribution in [2.45, 2.75) is 86.0 Å². The van der Waals surface area contributed by atoms with Crippen LogP contribution in [0.5, 0.6) is 0 Å². The van der Waals surface area contributed by atoms with Gasteiger partial charge in [-0.05, 0) is 57.6 Å². The normalized spacial score (nSPS) is 20.6. The van der Waals surface area contributed by atoms with Gasteiger partial charge in [0.05, 0.1) is 18.8 Å². The predicted octanol–water partition coefficient (Wildman–Crippen LogP) is 5.14. The fourth-order valence-electron chi connectivity index (χ4n) is 4.85. The lowest BCUT2D eigenvalue weighted by Crippen LogP contribution is -2.34.